The molecule has 0 bridgehead atoms. The van der Waals surface area contributed by atoms with E-state index in [1.165, 1.54) is 0 Å². The molecule has 166 valence electrons. The number of benzene rings is 2. The van der Waals surface area contributed by atoms with Crippen molar-refractivity contribution in [1.29, 1.82) is 0 Å². The molecule has 1 unspecified atom stereocenters. The van der Waals surface area contributed by atoms with Crippen molar-refractivity contribution in [2.75, 3.05) is 25.0 Å². The summed E-state index contributed by atoms with van der Waals surface area (Å²) < 4.78 is 38.0. The zero-order valence-corrected chi connectivity index (χ0v) is 19.3. The van der Waals surface area contributed by atoms with Crippen molar-refractivity contribution in [1.82, 2.24) is 0 Å². The minimum absolute atomic E-state index is 0.0268. The molecule has 1 atom stereocenters. The Morgan fingerprint density at radius 1 is 1.19 bits per heavy atom. The second-order valence-electron chi connectivity index (χ2n) is 7.78. The maximum Gasteiger partial charge on any atom is 0.233 e. The summed E-state index contributed by atoms with van der Waals surface area (Å²) in [5.41, 5.74) is 3.05. The lowest BCUT2D eigenvalue weighted by atomic mass is 9.97. The molecule has 0 fully saturated rings. The van der Waals surface area contributed by atoms with Gasteiger partial charge in [0.05, 0.1) is 17.7 Å². The fraction of sp³-hybridized carbons (Fsp3) is 0.391. The molecule has 1 heterocycles. The Labute approximate surface area is 188 Å². The minimum atomic E-state index is -4.50. The summed E-state index contributed by atoms with van der Waals surface area (Å²) in [6, 6.07) is 14.9. The van der Waals surface area contributed by atoms with E-state index in [0.29, 0.717) is 23.7 Å². The van der Waals surface area contributed by atoms with Crippen molar-refractivity contribution < 1.29 is 22.3 Å². The molecule has 0 saturated heterocycles. The summed E-state index contributed by atoms with van der Waals surface area (Å²) >= 11 is 6.32. The van der Waals surface area contributed by atoms with Crippen molar-refractivity contribution >= 4 is 39.0 Å². The quantitative estimate of drug-likeness (QED) is 0.464. The number of carbonyl (C=O) groups excluding carboxylic acids is 1. The zero-order valence-electron chi connectivity index (χ0n) is 17.8. The maximum absolute atomic E-state index is 12.7. The van der Waals surface area contributed by atoms with Crippen molar-refractivity contribution in [3.63, 3.8) is 0 Å². The third-order valence-corrected chi connectivity index (χ3v) is 7.06. The summed E-state index contributed by atoms with van der Waals surface area (Å²) in [6.07, 6.45) is 1.93. The highest BCUT2D eigenvalue weighted by molar-refractivity contribution is 7.86. The molecule has 3 rings (SSSR count). The van der Waals surface area contributed by atoms with Gasteiger partial charge in [-0.05, 0) is 36.8 Å². The summed E-state index contributed by atoms with van der Waals surface area (Å²) in [5.74, 6) is -0.0872. The van der Waals surface area contributed by atoms with E-state index >= 15 is 0 Å². The number of hydrogen-bond donors (Lipinski definition) is 0. The van der Waals surface area contributed by atoms with Gasteiger partial charge in [0.2, 0.25) is 11.6 Å². The number of unbranched alkanes of at least 4 members (excludes halogenated alkanes) is 1. The zero-order chi connectivity index (χ0) is 22.6. The normalized spacial score (nSPS) is 16.0. The predicted molar refractivity (Wildman–Crippen MR) is 122 cm³/mol. The third kappa shape index (κ3) is 5.53. The highest BCUT2D eigenvalue weighted by atomic mass is 35.5. The van der Waals surface area contributed by atoms with Crippen LogP contribution in [0, 0.1) is 0 Å². The van der Waals surface area contributed by atoms with E-state index in [-0.39, 0.29) is 25.3 Å². The van der Waals surface area contributed by atoms with Gasteiger partial charge in [0.25, 0.3) is 0 Å². The number of anilines is 1. The first-order valence-corrected chi connectivity index (χ1v) is 12.3. The first-order chi connectivity index (χ1) is 14.7. The Morgan fingerprint density at radius 3 is 2.55 bits per heavy atom. The van der Waals surface area contributed by atoms with Gasteiger partial charge in [-0.3, -0.25) is 4.79 Å². The second kappa shape index (κ2) is 9.94. The van der Waals surface area contributed by atoms with Crippen LogP contribution in [0.3, 0.4) is 0 Å². The number of rotatable bonds is 7. The van der Waals surface area contributed by atoms with E-state index in [1.807, 2.05) is 41.8 Å². The molecular formula is C23H27ClN2O4S. The number of nitrogens with zero attached hydrogens (tertiary/aromatic N) is 2. The first kappa shape index (κ1) is 23.4. The summed E-state index contributed by atoms with van der Waals surface area (Å²) in [7, 11) is -2.78. The lowest BCUT2D eigenvalue weighted by Crippen LogP contribution is -2.40. The van der Waals surface area contributed by atoms with E-state index in [2.05, 4.69) is 0 Å². The van der Waals surface area contributed by atoms with Crippen LogP contribution in [0.25, 0.3) is 0 Å². The first-order valence-electron chi connectivity index (χ1n) is 10.4. The molecule has 0 radical (unpaired) electrons. The van der Waals surface area contributed by atoms with E-state index < -0.39 is 15.4 Å². The lowest BCUT2D eigenvalue weighted by Gasteiger charge is -2.26. The van der Waals surface area contributed by atoms with Crippen molar-refractivity contribution in [2.24, 2.45) is 0 Å². The maximum atomic E-state index is 12.7. The smallest absolute Gasteiger partial charge is 0.233 e. The summed E-state index contributed by atoms with van der Waals surface area (Å²) in [4.78, 5) is 14.3. The van der Waals surface area contributed by atoms with E-state index in [4.69, 9.17) is 11.6 Å². The van der Waals surface area contributed by atoms with Crippen LogP contribution >= 0.6 is 11.6 Å². The summed E-state index contributed by atoms with van der Waals surface area (Å²) in [6.45, 7) is 2.29. The monoisotopic (exact) mass is 462 g/mol. The topological polar surface area (TPSA) is 80.5 Å². The van der Waals surface area contributed by atoms with Crippen molar-refractivity contribution in [3.8, 4) is 0 Å². The van der Waals surface area contributed by atoms with Crippen LogP contribution in [0.4, 0.5) is 5.69 Å². The number of hydrogen-bond acceptors (Lipinski definition) is 4. The molecule has 2 aromatic carbocycles. The minimum Gasteiger partial charge on any atom is -0.748 e. The van der Waals surface area contributed by atoms with Crippen LogP contribution in [0.2, 0.25) is 5.02 Å². The van der Waals surface area contributed by atoms with E-state index in [0.717, 1.165) is 23.3 Å². The highest BCUT2D eigenvalue weighted by Crippen LogP contribution is 2.29. The van der Waals surface area contributed by atoms with Gasteiger partial charge in [0.1, 0.15) is 15.4 Å². The molecule has 0 N–H and O–H groups in total. The van der Waals surface area contributed by atoms with Gasteiger partial charge >= 0.3 is 0 Å². The molecule has 1 aliphatic heterocycles. The van der Waals surface area contributed by atoms with Gasteiger partial charge in [-0.2, -0.15) is 0 Å². The Kier molecular flexibility index (Phi) is 7.51. The average molecular weight is 463 g/mol. The molecule has 31 heavy (non-hydrogen) atoms. The number of amides is 1. The second-order valence-corrected chi connectivity index (χ2v) is 9.87. The largest absolute Gasteiger partial charge is 0.748 e. The fourth-order valence-corrected chi connectivity index (χ4v) is 4.92. The Morgan fingerprint density at radius 2 is 1.90 bits per heavy atom. The van der Waals surface area contributed by atoms with Crippen LogP contribution < -0.4 is 4.90 Å². The Hall–Kier alpha value is -2.22. The molecule has 0 saturated carbocycles. The third-order valence-electron chi connectivity index (χ3n) is 5.62. The Bertz CT molecular complexity index is 1080. The standard InChI is InChI=1S/C23H27ClN2O4S/c1-3-4-10-19(31(28,29)30)16-26-14-13-22(27)25(2)21-12-11-18(24)15-20(21)23(26)17-8-6-5-7-9-17/h5-9,11-12,15,19H,3-4,10,13-14,16H2,1-2H3. The van der Waals surface area contributed by atoms with E-state index in [1.54, 1.807) is 30.1 Å². The molecule has 0 aromatic heterocycles. The number of fused-ring (bicyclic) bond motifs is 1. The highest BCUT2D eigenvalue weighted by Gasteiger charge is 2.32. The summed E-state index contributed by atoms with van der Waals surface area (Å²) in [5, 5.41) is -0.548. The fourth-order valence-electron chi connectivity index (χ4n) is 3.93. The van der Waals surface area contributed by atoms with Gasteiger partial charge in [-0.25, -0.2) is 13.0 Å². The molecular weight excluding hydrogens is 436 g/mol. The van der Waals surface area contributed by atoms with Crippen molar-refractivity contribution in [2.45, 2.75) is 37.9 Å². The van der Waals surface area contributed by atoms with Crippen LogP contribution in [0.15, 0.2) is 48.5 Å². The Balaban J connectivity index is 2.26. The van der Waals surface area contributed by atoms with Crippen LogP contribution in [0.1, 0.15) is 43.7 Å². The molecule has 2 aromatic rings. The van der Waals surface area contributed by atoms with Crippen LogP contribution in [-0.4, -0.2) is 54.6 Å². The van der Waals surface area contributed by atoms with E-state index in [9.17, 15) is 17.8 Å². The average Bonchev–Trinajstić information content (AvgIpc) is 2.73. The van der Waals surface area contributed by atoms with Gasteiger partial charge in [-0.15, -0.1) is 0 Å². The van der Waals surface area contributed by atoms with Gasteiger partial charge in [0.15, 0.2) is 13.1 Å². The van der Waals surface area contributed by atoms with Gasteiger partial charge in [0, 0.05) is 17.6 Å². The molecule has 1 aliphatic rings. The molecule has 1 amide bonds. The van der Waals surface area contributed by atoms with Crippen LogP contribution in [0.5, 0.6) is 0 Å². The lowest BCUT2D eigenvalue weighted by molar-refractivity contribution is -0.525. The molecule has 0 aliphatic carbocycles. The predicted octanol–water partition coefficient (Wildman–Crippen LogP) is 3.66. The van der Waals surface area contributed by atoms with Gasteiger partial charge < -0.3 is 9.45 Å². The SMILES string of the molecule is CCCCC(C[N+]1=C(c2ccccc2)c2cc(Cl)ccc2N(C)C(=O)CC1)S(=O)(=O)[O-]. The van der Waals surface area contributed by atoms with Crippen molar-refractivity contribution in [3.05, 3.63) is 64.7 Å². The molecule has 8 heteroatoms. The molecule has 0 spiro atoms. The van der Waals surface area contributed by atoms with Crippen LogP contribution in [-0.2, 0) is 14.9 Å². The van der Waals surface area contributed by atoms with Gasteiger partial charge in [-0.1, -0.05) is 49.6 Å². The number of halogens is 1. The number of carbonyl (C=O) groups is 1. The molecule has 6 nitrogen and oxygen atoms in total.